The molecule has 1 aliphatic carbocycles. The van der Waals surface area contributed by atoms with Crippen molar-refractivity contribution in [2.45, 2.75) is 51.2 Å². The van der Waals surface area contributed by atoms with Crippen molar-refractivity contribution in [3.8, 4) is 11.4 Å². The molecule has 1 saturated heterocycles. The summed E-state index contributed by atoms with van der Waals surface area (Å²) >= 11 is 0. The fraction of sp³-hybridized carbons (Fsp3) is 0.462. The number of aromatic amines is 1. The number of hydrogen-bond donors (Lipinski definition) is 3. The Kier molecular flexibility index (Phi) is 5.31. The molecule has 0 bridgehead atoms. The van der Waals surface area contributed by atoms with Gasteiger partial charge in [-0.3, -0.25) is 4.98 Å². The number of rotatable bonds is 4. The molecule has 4 aromatic heterocycles. The first-order valence-corrected chi connectivity index (χ1v) is 12.3. The average Bonchev–Trinajstić information content (AvgIpc) is 3.58. The van der Waals surface area contributed by atoms with Crippen LogP contribution in [0.4, 0.5) is 13.2 Å². The molecule has 7 nitrogen and oxygen atoms in total. The van der Waals surface area contributed by atoms with Crippen LogP contribution in [0.1, 0.15) is 62.0 Å². The largest absolute Gasteiger partial charge is 0.431 e. The Labute approximate surface area is 206 Å². The summed E-state index contributed by atoms with van der Waals surface area (Å²) < 4.78 is 40.3. The Morgan fingerprint density at radius 1 is 1.14 bits per heavy atom. The summed E-state index contributed by atoms with van der Waals surface area (Å²) in [5, 5.41) is 4.71. The van der Waals surface area contributed by atoms with E-state index in [1.165, 1.54) is 6.20 Å². The zero-order valence-electron chi connectivity index (χ0n) is 20.2. The molecule has 4 aromatic rings. The highest BCUT2D eigenvalue weighted by atomic mass is 19.4. The van der Waals surface area contributed by atoms with Gasteiger partial charge in [-0.2, -0.15) is 13.2 Å². The molecule has 10 heteroatoms. The maximum absolute atomic E-state index is 13.4. The van der Waals surface area contributed by atoms with Crippen molar-refractivity contribution < 1.29 is 13.2 Å². The zero-order chi connectivity index (χ0) is 25.2. The van der Waals surface area contributed by atoms with E-state index in [1.807, 2.05) is 6.20 Å². The summed E-state index contributed by atoms with van der Waals surface area (Å²) in [6.07, 6.45) is 3.63. The molecule has 1 aliphatic heterocycles. The second-order valence-electron chi connectivity index (χ2n) is 10.7. The minimum atomic E-state index is -4.51. The van der Waals surface area contributed by atoms with Gasteiger partial charge < -0.3 is 16.0 Å². The van der Waals surface area contributed by atoms with Crippen LogP contribution in [0.5, 0.6) is 0 Å². The second kappa shape index (κ2) is 8.21. The van der Waals surface area contributed by atoms with Crippen LogP contribution < -0.4 is 11.1 Å². The SMILES string of the molecule is CC1(C)CNCCC1C(N)c1nc(-c2ccnc3[nH]c(C(F)(F)F)cc23)nc2cncc(C3CC3)c12. The first-order valence-electron chi connectivity index (χ1n) is 12.3. The predicted octanol–water partition coefficient (Wildman–Crippen LogP) is 5.10. The van der Waals surface area contributed by atoms with Crippen LogP contribution in [-0.2, 0) is 6.18 Å². The second-order valence-corrected chi connectivity index (χ2v) is 10.7. The van der Waals surface area contributed by atoms with Gasteiger partial charge in [-0.05, 0) is 60.8 Å². The smallest absolute Gasteiger partial charge is 0.336 e. The minimum Gasteiger partial charge on any atom is -0.336 e. The summed E-state index contributed by atoms with van der Waals surface area (Å²) in [4.78, 5) is 20.7. The fourth-order valence-electron chi connectivity index (χ4n) is 5.62. The lowest BCUT2D eigenvalue weighted by Gasteiger charge is -2.42. The van der Waals surface area contributed by atoms with E-state index in [0.717, 1.165) is 55.1 Å². The summed E-state index contributed by atoms with van der Waals surface area (Å²) in [5.74, 6) is 0.912. The van der Waals surface area contributed by atoms with E-state index in [1.54, 1.807) is 12.3 Å². The van der Waals surface area contributed by atoms with Gasteiger partial charge >= 0.3 is 6.18 Å². The molecule has 0 spiro atoms. The quantitative estimate of drug-likeness (QED) is 0.364. The molecule has 5 heterocycles. The van der Waals surface area contributed by atoms with Crippen molar-refractivity contribution >= 4 is 21.9 Å². The van der Waals surface area contributed by atoms with Gasteiger partial charge in [0, 0.05) is 35.3 Å². The van der Waals surface area contributed by atoms with Crippen molar-refractivity contribution in [2.75, 3.05) is 13.1 Å². The molecule has 0 aromatic carbocycles. The molecule has 1 saturated carbocycles. The molecule has 2 aliphatic rings. The lowest BCUT2D eigenvalue weighted by Crippen LogP contribution is -2.47. The van der Waals surface area contributed by atoms with Gasteiger partial charge in [0.25, 0.3) is 0 Å². The molecule has 2 unspecified atom stereocenters. The first-order chi connectivity index (χ1) is 17.1. The zero-order valence-corrected chi connectivity index (χ0v) is 20.2. The Hall–Kier alpha value is -3.11. The van der Waals surface area contributed by atoms with Crippen molar-refractivity contribution in [2.24, 2.45) is 17.1 Å². The molecule has 2 atom stereocenters. The molecule has 188 valence electrons. The van der Waals surface area contributed by atoms with E-state index in [2.05, 4.69) is 34.1 Å². The fourth-order valence-corrected chi connectivity index (χ4v) is 5.62. The molecular formula is C26H28F3N7. The summed E-state index contributed by atoms with van der Waals surface area (Å²) in [6, 6.07) is 2.36. The first kappa shape index (κ1) is 23.3. The van der Waals surface area contributed by atoms with Crippen molar-refractivity contribution in [1.82, 2.24) is 30.2 Å². The van der Waals surface area contributed by atoms with Crippen LogP contribution in [0.15, 0.2) is 30.7 Å². The van der Waals surface area contributed by atoms with E-state index in [4.69, 9.17) is 15.7 Å². The number of nitrogens with zero attached hydrogens (tertiary/aromatic N) is 4. The summed E-state index contributed by atoms with van der Waals surface area (Å²) in [5.41, 5.74) is 9.24. The van der Waals surface area contributed by atoms with E-state index < -0.39 is 11.9 Å². The van der Waals surface area contributed by atoms with Gasteiger partial charge in [0.1, 0.15) is 11.3 Å². The molecule has 0 radical (unpaired) electrons. The van der Waals surface area contributed by atoms with Crippen LogP contribution in [0, 0.1) is 11.3 Å². The van der Waals surface area contributed by atoms with E-state index in [-0.39, 0.29) is 23.0 Å². The van der Waals surface area contributed by atoms with Crippen molar-refractivity contribution in [3.63, 3.8) is 0 Å². The highest BCUT2D eigenvalue weighted by molar-refractivity contribution is 5.94. The number of pyridine rings is 2. The summed E-state index contributed by atoms with van der Waals surface area (Å²) in [6.45, 7) is 6.15. The van der Waals surface area contributed by atoms with Gasteiger partial charge in [0.2, 0.25) is 0 Å². The lowest BCUT2D eigenvalue weighted by molar-refractivity contribution is -0.140. The predicted molar refractivity (Wildman–Crippen MR) is 131 cm³/mol. The van der Waals surface area contributed by atoms with E-state index in [0.29, 0.717) is 28.2 Å². The average molecular weight is 496 g/mol. The van der Waals surface area contributed by atoms with Gasteiger partial charge in [-0.15, -0.1) is 0 Å². The third kappa shape index (κ3) is 3.92. The number of halogens is 3. The van der Waals surface area contributed by atoms with Crippen LogP contribution in [-0.4, -0.2) is 38.0 Å². The molecule has 6 rings (SSSR count). The number of nitrogens with two attached hydrogens (primary N) is 1. The minimum absolute atomic E-state index is 0.0476. The van der Waals surface area contributed by atoms with Crippen LogP contribution in [0.25, 0.3) is 33.3 Å². The topological polar surface area (TPSA) is 105 Å². The Morgan fingerprint density at radius 3 is 2.67 bits per heavy atom. The molecule has 36 heavy (non-hydrogen) atoms. The maximum Gasteiger partial charge on any atom is 0.431 e. The number of aromatic nitrogens is 5. The van der Waals surface area contributed by atoms with Crippen molar-refractivity contribution in [1.29, 1.82) is 0 Å². The third-order valence-corrected chi connectivity index (χ3v) is 7.73. The highest BCUT2D eigenvalue weighted by Gasteiger charge is 2.39. The number of piperidine rings is 1. The number of hydrogen-bond acceptors (Lipinski definition) is 6. The van der Waals surface area contributed by atoms with Crippen LogP contribution in [0.2, 0.25) is 0 Å². The number of fused-ring (bicyclic) bond motifs is 2. The standard InChI is InChI=1S/C26H28F3N7/c1-25(2)12-31-7-6-17(25)21(30)22-20-16(13-3-4-13)10-32-11-18(20)34-24(36-22)14-5-8-33-23-15(14)9-19(35-23)26(27,28)29/h5,8-11,13,17,21,31H,3-4,6-7,12,30H2,1-2H3,(H,33,35). The van der Waals surface area contributed by atoms with Gasteiger partial charge in [0.15, 0.2) is 5.82 Å². The monoisotopic (exact) mass is 495 g/mol. The Balaban J connectivity index is 1.57. The number of H-pyrrole nitrogens is 1. The summed E-state index contributed by atoms with van der Waals surface area (Å²) in [7, 11) is 0. The van der Waals surface area contributed by atoms with E-state index >= 15 is 0 Å². The lowest BCUT2D eigenvalue weighted by atomic mass is 9.70. The Bertz CT molecular complexity index is 1460. The highest BCUT2D eigenvalue weighted by Crippen LogP contribution is 2.46. The normalized spacial score (nSPS) is 21.2. The number of nitrogens with one attached hydrogen (secondary N) is 2. The molecule has 0 amide bonds. The van der Waals surface area contributed by atoms with Gasteiger partial charge in [0.05, 0.1) is 23.4 Å². The van der Waals surface area contributed by atoms with Gasteiger partial charge in [-0.25, -0.2) is 15.0 Å². The molecule has 2 fully saturated rings. The molecule has 4 N–H and O–H groups in total. The van der Waals surface area contributed by atoms with Crippen LogP contribution in [0.3, 0.4) is 0 Å². The number of alkyl halides is 3. The Morgan fingerprint density at radius 2 is 1.94 bits per heavy atom. The van der Waals surface area contributed by atoms with Crippen molar-refractivity contribution in [3.05, 3.63) is 47.7 Å². The van der Waals surface area contributed by atoms with Gasteiger partial charge in [-0.1, -0.05) is 13.8 Å². The molecular weight excluding hydrogens is 467 g/mol. The van der Waals surface area contributed by atoms with E-state index in [9.17, 15) is 13.2 Å². The van der Waals surface area contributed by atoms with Crippen LogP contribution >= 0.6 is 0 Å². The third-order valence-electron chi connectivity index (χ3n) is 7.73. The maximum atomic E-state index is 13.4.